The Kier molecular flexibility index (Phi) is 4.68. The molecule has 0 saturated heterocycles. The van der Waals surface area contributed by atoms with Crippen LogP contribution in [0.1, 0.15) is 19.4 Å². The summed E-state index contributed by atoms with van der Waals surface area (Å²) in [7, 11) is -1.94. The molecule has 0 heterocycles. The van der Waals surface area contributed by atoms with Gasteiger partial charge in [0, 0.05) is 13.6 Å². The fourth-order valence-electron chi connectivity index (χ4n) is 1.67. The number of aliphatic hydroxyl groups is 1. The molecule has 1 aromatic rings. The smallest absolute Gasteiger partial charge is 0.243 e. The monoisotopic (exact) mass is 257 g/mol. The van der Waals surface area contributed by atoms with Gasteiger partial charge in [0.25, 0.3) is 0 Å². The Morgan fingerprint density at radius 1 is 1.29 bits per heavy atom. The molecule has 0 radical (unpaired) electrons. The van der Waals surface area contributed by atoms with E-state index in [0.29, 0.717) is 12.1 Å². The van der Waals surface area contributed by atoms with Gasteiger partial charge in [-0.25, -0.2) is 12.7 Å². The van der Waals surface area contributed by atoms with Crippen molar-refractivity contribution in [3.05, 3.63) is 29.8 Å². The van der Waals surface area contributed by atoms with Gasteiger partial charge in [0.1, 0.15) is 0 Å². The number of sulfonamides is 1. The normalized spacial score (nSPS) is 12.4. The van der Waals surface area contributed by atoms with Gasteiger partial charge in [0.2, 0.25) is 10.0 Å². The van der Waals surface area contributed by atoms with Crippen LogP contribution in [0.15, 0.2) is 29.2 Å². The van der Waals surface area contributed by atoms with Gasteiger partial charge in [0.05, 0.1) is 11.5 Å². The third-order valence-corrected chi connectivity index (χ3v) is 4.38. The van der Waals surface area contributed by atoms with Crippen LogP contribution in [0.3, 0.4) is 0 Å². The number of hydrogen-bond acceptors (Lipinski definition) is 3. The summed E-state index contributed by atoms with van der Waals surface area (Å²) in [6, 6.07) is 6.52. The third-order valence-electron chi connectivity index (χ3n) is 2.45. The summed E-state index contributed by atoms with van der Waals surface area (Å²) in [5.41, 5.74) is 0.433. The Morgan fingerprint density at radius 2 is 1.88 bits per heavy atom. The van der Waals surface area contributed by atoms with E-state index < -0.39 is 10.0 Å². The number of aliphatic hydroxyl groups excluding tert-OH is 1. The maximum absolute atomic E-state index is 12.3. The van der Waals surface area contributed by atoms with Gasteiger partial charge in [-0.2, -0.15) is 0 Å². The van der Waals surface area contributed by atoms with Crippen LogP contribution >= 0.6 is 0 Å². The molecular weight excluding hydrogens is 238 g/mol. The van der Waals surface area contributed by atoms with E-state index in [9.17, 15) is 8.42 Å². The van der Waals surface area contributed by atoms with Crippen molar-refractivity contribution in [2.75, 3.05) is 13.6 Å². The Balaban J connectivity index is 3.13. The molecule has 0 aliphatic heterocycles. The molecule has 0 aliphatic carbocycles. The van der Waals surface area contributed by atoms with Crippen LogP contribution in [-0.2, 0) is 16.6 Å². The summed E-state index contributed by atoms with van der Waals surface area (Å²) in [6.45, 7) is 4.11. The number of benzene rings is 1. The first-order valence-corrected chi connectivity index (χ1v) is 6.98. The van der Waals surface area contributed by atoms with Gasteiger partial charge in [0.15, 0.2) is 0 Å². The van der Waals surface area contributed by atoms with Crippen molar-refractivity contribution in [3.63, 3.8) is 0 Å². The molecule has 5 heteroatoms. The molecule has 1 aromatic carbocycles. The van der Waals surface area contributed by atoms with Crippen LogP contribution < -0.4 is 0 Å². The zero-order valence-electron chi connectivity index (χ0n) is 10.4. The van der Waals surface area contributed by atoms with Crippen LogP contribution in [0.25, 0.3) is 0 Å². The van der Waals surface area contributed by atoms with Crippen molar-refractivity contribution >= 4 is 10.0 Å². The molecule has 0 amide bonds. The first-order valence-electron chi connectivity index (χ1n) is 5.54. The minimum absolute atomic E-state index is 0.186. The van der Waals surface area contributed by atoms with Gasteiger partial charge in [-0.15, -0.1) is 0 Å². The summed E-state index contributed by atoms with van der Waals surface area (Å²) >= 11 is 0. The zero-order chi connectivity index (χ0) is 13.1. The second-order valence-electron chi connectivity index (χ2n) is 4.45. The maximum Gasteiger partial charge on any atom is 0.243 e. The molecular formula is C12H19NO3S. The molecule has 1 N–H and O–H groups in total. The molecule has 0 aromatic heterocycles. The van der Waals surface area contributed by atoms with E-state index in [1.165, 1.54) is 10.4 Å². The van der Waals surface area contributed by atoms with Crippen molar-refractivity contribution in [2.24, 2.45) is 5.92 Å². The number of nitrogens with zero attached hydrogens (tertiary/aromatic N) is 1. The van der Waals surface area contributed by atoms with E-state index in [4.69, 9.17) is 5.11 Å². The van der Waals surface area contributed by atoms with Gasteiger partial charge >= 0.3 is 0 Å². The van der Waals surface area contributed by atoms with Gasteiger partial charge < -0.3 is 5.11 Å². The Bertz CT molecular complexity index is 468. The van der Waals surface area contributed by atoms with Gasteiger partial charge in [-0.3, -0.25) is 0 Å². The van der Waals surface area contributed by atoms with Crippen LogP contribution in [-0.4, -0.2) is 31.4 Å². The molecule has 0 spiro atoms. The fourth-order valence-corrected chi connectivity index (χ4v) is 3.21. The largest absolute Gasteiger partial charge is 0.392 e. The zero-order valence-corrected chi connectivity index (χ0v) is 11.2. The van der Waals surface area contributed by atoms with Gasteiger partial charge in [-0.05, 0) is 17.5 Å². The van der Waals surface area contributed by atoms with Crippen LogP contribution in [0.2, 0.25) is 0 Å². The number of rotatable bonds is 5. The van der Waals surface area contributed by atoms with Crippen molar-refractivity contribution in [3.8, 4) is 0 Å². The van der Waals surface area contributed by atoms with E-state index in [1.807, 2.05) is 13.8 Å². The lowest BCUT2D eigenvalue weighted by Gasteiger charge is -2.20. The molecule has 1 rings (SSSR count). The summed E-state index contributed by atoms with van der Waals surface area (Å²) < 4.78 is 25.8. The molecule has 0 bridgehead atoms. The second-order valence-corrected chi connectivity index (χ2v) is 6.46. The van der Waals surface area contributed by atoms with E-state index in [1.54, 1.807) is 25.2 Å². The lowest BCUT2D eigenvalue weighted by molar-refractivity contribution is 0.278. The predicted octanol–water partition coefficient (Wildman–Crippen LogP) is 1.46. The minimum atomic E-state index is -3.50. The summed E-state index contributed by atoms with van der Waals surface area (Å²) in [6.07, 6.45) is 0. The van der Waals surface area contributed by atoms with E-state index in [0.717, 1.165) is 0 Å². The van der Waals surface area contributed by atoms with Crippen molar-refractivity contribution in [1.82, 2.24) is 4.31 Å². The van der Waals surface area contributed by atoms with E-state index in [2.05, 4.69) is 0 Å². The lowest BCUT2D eigenvalue weighted by atomic mass is 10.2. The van der Waals surface area contributed by atoms with Gasteiger partial charge in [-0.1, -0.05) is 32.0 Å². The highest BCUT2D eigenvalue weighted by Gasteiger charge is 2.23. The Hall–Kier alpha value is -0.910. The summed E-state index contributed by atoms with van der Waals surface area (Å²) in [5.74, 6) is 0.260. The predicted molar refractivity (Wildman–Crippen MR) is 67.0 cm³/mol. The molecule has 0 fully saturated rings. The minimum Gasteiger partial charge on any atom is -0.392 e. The standard InChI is InChI=1S/C12H19NO3S/c1-10(2)8-13(3)17(15,16)12-7-5-4-6-11(12)9-14/h4-7,10,14H,8-9H2,1-3H3. The molecule has 17 heavy (non-hydrogen) atoms. The molecule has 0 unspecified atom stereocenters. The highest BCUT2D eigenvalue weighted by molar-refractivity contribution is 7.89. The van der Waals surface area contributed by atoms with Crippen LogP contribution in [0, 0.1) is 5.92 Å². The fraction of sp³-hybridized carbons (Fsp3) is 0.500. The quantitative estimate of drug-likeness (QED) is 0.868. The van der Waals surface area contributed by atoms with E-state index >= 15 is 0 Å². The third kappa shape index (κ3) is 3.28. The van der Waals surface area contributed by atoms with E-state index in [-0.39, 0.29) is 17.4 Å². The first kappa shape index (κ1) is 14.2. The van der Waals surface area contributed by atoms with Crippen molar-refractivity contribution < 1.29 is 13.5 Å². The molecule has 4 nitrogen and oxygen atoms in total. The molecule has 96 valence electrons. The Morgan fingerprint density at radius 3 is 2.41 bits per heavy atom. The average molecular weight is 257 g/mol. The molecule has 0 atom stereocenters. The van der Waals surface area contributed by atoms with Crippen LogP contribution in [0.4, 0.5) is 0 Å². The average Bonchev–Trinajstić information content (AvgIpc) is 2.28. The highest BCUT2D eigenvalue weighted by Crippen LogP contribution is 2.19. The number of hydrogen-bond donors (Lipinski definition) is 1. The summed E-state index contributed by atoms with van der Waals surface area (Å²) in [5, 5.41) is 9.16. The van der Waals surface area contributed by atoms with Crippen LogP contribution in [0.5, 0.6) is 0 Å². The first-order chi connectivity index (χ1) is 7.89. The topological polar surface area (TPSA) is 57.6 Å². The highest BCUT2D eigenvalue weighted by atomic mass is 32.2. The summed E-state index contributed by atoms with van der Waals surface area (Å²) in [4.78, 5) is 0.186. The second kappa shape index (κ2) is 5.62. The molecule has 0 saturated carbocycles. The molecule has 0 aliphatic rings. The Labute approximate surface area is 103 Å². The van der Waals surface area contributed by atoms with Crippen molar-refractivity contribution in [2.45, 2.75) is 25.3 Å². The maximum atomic E-state index is 12.3. The lowest BCUT2D eigenvalue weighted by Crippen LogP contribution is -2.31. The van der Waals surface area contributed by atoms with Crippen molar-refractivity contribution in [1.29, 1.82) is 0 Å². The SMILES string of the molecule is CC(C)CN(C)S(=O)(=O)c1ccccc1CO.